The summed E-state index contributed by atoms with van der Waals surface area (Å²) >= 11 is 0. The molecule has 0 bridgehead atoms. The molecule has 0 saturated carbocycles. The SMILES string of the molecule is C/C=C/C1=C(C)C(=C/c2[nH]c(C)c(CCC(=O)O)c2C)/NC1=O. The third-order valence-corrected chi connectivity index (χ3v) is 4.14. The minimum Gasteiger partial charge on any atom is -0.481 e. The molecule has 1 aromatic rings. The van der Waals surface area contributed by atoms with Crippen LogP contribution in [-0.4, -0.2) is 22.0 Å². The van der Waals surface area contributed by atoms with Crippen LogP contribution in [-0.2, 0) is 16.0 Å². The first-order chi connectivity index (χ1) is 10.8. The Bertz CT molecular complexity index is 749. The number of rotatable bonds is 5. The van der Waals surface area contributed by atoms with Crippen molar-refractivity contribution in [1.82, 2.24) is 10.3 Å². The number of carboxylic acid groups (broad SMARTS) is 1. The number of nitrogens with one attached hydrogen (secondary N) is 2. The standard InChI is InChI=1S/C18H22N2O3/c1-5-6-14-11(3)16(20-18(14)23)9-15-10(2)13(12(4)19-15)7-8-17(21)22/h5-6,9,19H,7-8H2,1-4H3,(H,20,23)(H,21,22)/b6-5+,16-9-. The van der Waals surface area contributed by atoms with Crippen LogP contribution in [0.25, 0.3) is 6.08 Å². The van der Waals surface area contributed by atoms with Crippen LogP contribution in [0.3, 0.4) is 0 Å². The summed E-state index contributed by atoms with van der Waals surface area (Å²) in [7, 11) is 0. The van der Waals surface area contributed by atoms with Gasteiger partial charge in [-0.2, -0.15) is 0 Å². The van der Waals surface area contributed by atoms with Gasteiger partial charge in [0.05, 0.1) is 0 Å². The van der Waals surface area contributed by atoms with Gasteiger partial charge in [0, 0.05) is 29.1 Å². The summed E-state index contributed by atoms with van der Waals surface area (Å²) in [4.78, 5) is 26.0. The molecule has 1 aromatic heterocycles. The number of carboxylic acids is 1. The number of hydrogen-bond donors (Lipinski definition) is 3. The maximum absolute atomic E-state index is 12.0. The Morgan fingerprint density at radius 2 is 1.96 bits per heavy atom. The Hall–Kier alpha value is -2.56. The first-order valence-corrected chi connectivity index (χ1v) is 7.62. The number of H-pyrrole nitrogens is 1. The van der Waals surface area contributed by atoms with Crippen molar-refractivity contribution in [1.29, 1.82) is 0 Å². The molecule has 5 nitrogen and oxygen atoms in total. The van der Waals surface area contributed by atoms with Crippen molar-refractivity contribution < 1.29 is 14.7 Å². The van der Waals surface area contributed by atoms with Gasteiger partial charge in [0.15, 0.2) is 0 Å². The van der Waals surface area contributed by atoms with Crippen molar-refractivity contribution in [2.24, 2.45) is 0 Å². The number of carbonyl (C=O) groups is 2. The van der Waals surface area contributed by atoms with Gasteiger partial charge < -0.3 is 15.4 Å². The summed E-state index contributed by atoms with van der Waals surface area (Å²) in [6.07, 6.45) is 6.16. The second-order valence-electron chi connectivity index (χ2n) is 5.71. The summed E-state index contributed by atoms with van der Waals surface area (Å²) in [5.41, 5.74) is 6.28. The highest BCUT2D eigenvalue weighted by Gasteiger charge is 2.22. The Labute approximate surface area is 135 Å². The summed E-state index contributed by atoms with van der Waals surface area (Å²) in [5.74, 6) is -0.901. The van der Waals surface area contributed by atoms with Gasteiger partial charge in [-0.1, -0.05) is 12.2 Å². The quantitative estimate of drug-likeness (QED) is 0.781. The molecule has 0 saturated heterocycles. The zero-order valence-electron chi connectivity index (χ0n) is 13.9. The monoisotopic (exact) mass is 314 g/mol. The van der Waals surface area contributed by atoms with E-state index in [2.05, 4.69) is 10.3 Å². The summed E-state index contributed by atoms with van der Waals surface area (Å²) in [5, 5.41) is 11.7. The smallest absolute Gasteiger partial charge is 0.303 e. The largest absolute Gasteiger partial charge is 0.481 e. The first-order valence-electron chi connectivity index (χ1n) is 7.62. The molecule has 0 spiro atoms. The molecular weight excluding hydrogens is 292 g/mol. The minimum absolute atomic E-state index is 0.0983. The molecule has 122 valence electrons. The van der Waals surface area contributed by atoms with Gasteiger partial charge in [-0.3, -0.25) is 9.59 Å². The number of allylic oxidation sites excluding steroid dienone is 2. The molecule has 2 rings (SSSR count). The molecule has 0 fully saturated rings. The van der Waals surface area contributed by atoms with Crippen molar-refractivity contribution in [2.75, 3.05) is 0 Å². The van der Waals surface area contributed by atoms with E-state index >= 15 is 0 Å². The molecule has 0 atom stereocenters. The second kappa shape index (κ2) is 6.69. The van der Waals surface area contributed by atoms with Gasteiger partial charge in [0.1, 0.15) is 0 Å². The van der Waals surface area contributed by atoms with E-state index in [0.717, 1.165) is 33.8 Å². The van der Waals surface area contributed by atoms with E-state index < -0.39 is 5.97 Å². The number of aliphatic carboxylic acids is 1. The van der Waals surface area contributed by atoms with E-state index in [4.69, 9.17) is 5.11 Å². The fourth-order valence-corrected chi connectivity index (χ4v) is 2.82. The lowest BCUT2D eigenvalue weighted by Gasteiger charge is -2.02. The predicted octanol–water partition coefficient (Wildman–Crippen LogP) is 3.01. The Morgan fingerprint density at radius 3 is 2.57 bits per heavy atom. The lowest BCUT2D eigenvalue weighted by Crippen LogP contribution is -2.15. The molecule has 0 radical (unpaired) electrons. The summed E-state index contributed by atoms with van der Waals surface area (Å²) < 4.78 is 0. The molecule has 3 N–H and O–H groups in total. The molecule has 23 heavy (non-hydrogen) atoms. The molecule has 1 amide bonds. The topological polar surface area (TPSA) is 82.2 Å². The zero-order chi connectivity index (χ0) is 17.1. The second-order valence-corrected chi connectivity index (χ2v) is 5.71. The van der Waals surface area contributed by atoms with Crippen LogP contribution in [0.4, 0.5) is 0 Å². The van der Waals surface area contributed by atoms with Gasteiger partial charge in [-0.15, -0.1) is 0 Å². The minimum atomic E-state index is -0.803. The van der Waals surface area contributed by atoms with Crippen LogP contribution in [0.15, 0.2) is 29.0 Å². The van der Waals surface area contributed by atoms with Gasteiger partial charge in [0.2, 0.25) is 0 Å². The van der Waals surface area contributed by atoms with Crippen LogP contribution in [0.5, 0.6) is 0 Å². The summed E-state index contributed by atoms with van der Waals surface area (Å²) in [6.45, 7) is 7.70. The molecule has 2 heterocycles. The molecule has 1 aliphatic rings. The number of aromatic nitrogens is 1. The maximum Gasteiger partial charge on any atom is 0.303 e. The normalized spacial score (nSPS) is 16.7. The summed E-state index contributed by atoms with van der Waals surface area (Å²) in [6, 6.07) is 0. The van der Waals surface area contributed by atoms with Crippen molar-refractivity contribution in [3.05, 3.63) is 51.5 Å². The van der Waals surface area contributed by atoms with Crippen LogP contribution in [0, 0.1) is 13.8 Å². The number of amides is 1. The predicted molar refractivity (Wildman–Crippen MR) is 89.9 cm³/mol. The van der Waals surface area contributed by atoms with Crippen molar-refractivity contribution in [2.45, 2.75) is 40.5 Å². The third-order valence-electron chi connectivity index (χ3n) is 4.14. The fraction of sp³-hybridized carbons (Fsp3) is 0.333. The van der Waals surface area contributed by atoms with Crippen molar-refractivity contribution in [3.63, 3.8) is 0 Å². The van der Waals surface area contributed by atoms with Crippen molar-refractivity contribution >= 4 is 18.0 Å². The lowest BCUT2D eigenvalue weighted by atomic mass is 10.0. The number of carbonyl (C=O) groups excluding carboxylic acids is 1. The highest BCUT2D eigenvalue weighted by Crippen LogP contribution is 2.26. The first kappa shape index (κ1) is 16.8. The van der Waals surface area contributed by atoms with Gasteiger partial charge in [-0.25, -0.2) is 0 Å². The molecule has 0 aliphatic carbocycles. The molecule has 5 heteroatoms. The molecule has 0 unspecified atom stereocenters. The molecule has 0 aromatic carbocycles. The van der Waals surface area contributed by atoms with Crippen LogP contribution in [0.2, 0.25) is 0 Å². The number of aromatic amines is 1. The van der Waals surface area contributed by atoms with E-state index in [-0.39, 0.29) is 12.3 Å². The van der Waals surface area contributed by atoms with Crippen molar-refractivity contribution in [3.8, 4) is 0 Å². The lowest BCUT2D eigenvalue weighted by molar-refractivity contribution is -0.137. The van der Waals surface area contributed by atoms with E-state index in [1.807, 2.05) is 39.8 Å². The average molecular weight is 314 g/mol. The van der Waals surface area contributed by atoms with Gasteiger partial charge in [0.25, 0.3) is 5.91 Å². The Balaban J connectivity index is 2.36. The van der Waals surface area contributed by atoms with E-state index in [0.29, 0.717) is 12.0 Å². The third kappa shape index (κ3) is 3.44. The molecule has 1 aliphatic heterocycles. The maximum atomic E-state index is 12.0. The van der Waals surface area contributed by atoms with Gasteiger partial charge in [-0.05, 0) is 56.9 Å². The van der Waals surface area contributed by atoms with E-state index in [1.165, 1.54) is 0 Å². The number of hydrogen-bond acceptors (Lipinski definition) is 2. The zero-order valence-corrected chi connectivity index (χ0v) is 13.9. The fourth-order valence-electron chi connectivity index (χ4n) is 2.82. The highest BCUT2D eigenvalue weighted by molar-refractivity contribution is 6.03. The number of aryl methyl sites for hydroxylation is 1. The van der Waals surface area contributed by atoms with Crippen LogP contribution in [0.1, 0.15) is 42.8 Å². The highest BCUT2D eigenvalue weighted by atomic mass is 16.4. The Kier molecular flexibility index (Phi) is 4.89. The van der Waals surface area contributed by atoms with E-state index in [9.17, 15) is 9.59 Å². The van der Waals surface area contributed by atoms with Crippen LogP contribution >= 0.6 is 0 Å². The van der Waals surface area contributed by atoms with Crippen LogP contribution < -0.4 is 5.32 Å². The Morgan fingerprint density at radius 1 is 1.26 bits per heavy atom. The molecular formula is C18H22N2O3. The average Bonchev–Trinajstić information content (AvgIpc) is 2.89. The van der Waals surface area contributed by atoms with Gasteiger partial charge >= 0.3 is 5.97 Å². The van der Waals surface area contributed by atoms with E-state index in [1.54, 1.807) is 6.08 Å².